The molecule has 0 radical (unpaired) electrons. The summed E-state index contributed by atoms with van der Waals surface area (Å²) in [6.45, 7) is 0.429. The summed E-state index contributed by atoms with van der Waals surface area (Å²) in [5, 5.41) is 6.69. The summed E-state index contributed by atoms with van der Waals surface area (Å²) < 4.78 is 82.6. The maximum atomic E-state index is 14.5. The van der Waals surface area contributed by atoms with Crippen molar-refractivity contribution in [2.45, 2.75) is 76.1 Å². The topological polar surface area (TPSA) is 212 Å². The van der Waals surface area contributed by atoms with Gasteiger partial charge in [0.2, 0.25) is 18.0 Å². The van der Waals surface area contributed by atoms with E-state index in [0.29, 0.717) is 42.2 Å². The smallest absolute Gasteiger partial charge is 0.451 e. The van der Waals surface area contributed by atoms with Crippen LogP contribution in [-0.4, -0.2) is 102 Å². The van der Waals surface area contributed by atoms with Gasteiger partial charge in [0.25, 0.3) is 11.8 Å². The van der Waals surface area contributed by atoms with Gasteiger partial charge in [-0.1, -0.05) is 71.9 Å². The van der Waals surface area contributed by atoms with Gasteiger partial charge >= 0.3 is 20.1 Å². The first-order chi connectivity index (χ1) is 32.6. The molecule has 1 spiro atoms. The third-order valence-corrected chi connectivity index (χ3v) is 13.7. The standard InChI is InChI=1S/C46H48F2N5O14P/c1-29-19-46(67-50-29)17-16-30(2)52-22-37(46)53-21-35(41(55)49-20-33-14-15-34(47)18-36(33)48)39(54)40(38(53)42(52)56)62-28-63-44(58)61-26-45(25-60-43(57)51(45)3)27-66-68(59,64-23-31-10-6-4-7-11-31)65-24-32-12-8-5-9-13-32/h4-15,18,21,30,37H,16-17,19-20,22-28H2,1-3H3,(H,49,55)/t30-,37+,45?,46-/m0/s1. The van der Waals surface area contributed by atoms with Crippen molar-refractivity contribution in [3.63, 3.8) is 0 Å². The molecule has 1 aromatic heterocycles. The number of oxime groups is 1. The largest absolute Gasteiger partial charge is 0.511 e. The van der Waals surface area contributed by atoms with E-state index in [2.05, 4.69) is 10.5 Å². The molecule has 0 saturated carbocycles. The van der Waals surface area contributed by atoms with Crippen LogP contribution in [0.3, 0.4) is 0 Å². The molecule has 22 heteroatoms. The number of likely N-dealkylation sites (N-methyl/N-ethyl adjacent to an activating group) is 1. The van der Waals surface area contributed by atoms with Crippen molar-refractivity contribution in [1.29, 1.82) is 0 Å². The number of benzene rings is 3. The Labute approximate surface area is 388 Å². The first kappa shape index (κ1) is 47.8. The number of hydrogen-bond donors (Lipinski definition) is 1. The summed E-state index contributed by atoms with van der Waals surface area (Å²) in [5.74, 6) is -3.97. The van der Waals surface area contributed by atoms with E-state index < -0.39 is 104 Å². The molecule has 4 atom stereocenters. The second-order valence-corrected chi connectivity index (χ2v) is 18.6. The second kappa shape index (κ2) is 19.9. The quantitative estimate of drug-likeness (QED) is 0.0668. The molecule has 8 rings (SSSR count). The van der Waals surface area contributed by atoms with Gasteiger partial charge in [-0.2, -0.15) is 0 Å². The highest BCUT2D eigenvalue weighted by Crippen LogP contribution is 2.52. The van der Waals surface area contributed by atoms with E-state index in [1.807, 2.05) is 6.92 Å². The second-order valence-electron chi connectivity index (χ2n) is 16.9. The Morgan fingerprint density at radius 2 is 1.63 bits per heavy atom. The molecule has 4 aliphatic rings. The summed E-state index contributed by atoms with van der Waals surface area (Å²) in [7, 11) is -3.04. The van der Waals surface area contributed by atoms with Crippen LogP contribution in [0.1, 0.15) is 76.7 Å². The molecular weight excluding hydrogens is 915 g/mol. The van der Waals surface area contributed by atoms with Crippen LogP contribution in [0.15, 0.2) is 95.0 Å². The van der Waals surface area contributed by atoms with Crippen LogP contribution in [0, 0.1) is 11.6 Å². The lowest BCUT2D eigenvalue weighted by molar-refractivity contribution is -0.0658. The third-order valence-electron chi connectivity index (χ3n) is 12.4. The van der Waals surface area contributed by atoms with Crippen molar-refractivity contribution in [2.24, 2.45) is 5.16 Å². The number of hydrogen-bond acceptors (Lipinski definition) is 15. The zero-order valence-electron chi connectivity index (χ0n) is 37.2. The summed E-state index contributed by atoms with van der Waals surface area (Å²) >= 11 is 0. The molecule has 5 heterocycles. The number of pyridine rings is 1. The maximum absolute atomic E-state index is 14.5. The minimum atomic E-state index is -4.39. The van der Waals surface area contributed by atoms with Gasteiger partial charge in [-0.25, -0.2) is 22.9 Å². The molecule has 1 unspecified atom stereocenters. The number of aromatic nitrogens is 1. The SMILES string of the molecule is CC1=NO[C@@]2(CC[C@H](C)N3C[C@H]2n2cc(C(=O)NCc4ccc(F)cc4F)c(=O)c(OCOC(=O)OCC4(COP(=O)(OCc5ccccc5)OCc5ccccc5)COC(=O)N4C)c2C3=O)C1. The van der Waals surface area contributed by atoms with Crippen LogP contribution in [0.4, 0.5) is 18.4 Å². The number of fused-ring (bicyclic) bond motifs is 5. The molecule has 4 aromatic rings. The van der Waals surface area contributed by atoms with E-state index in [1.165, 1.54) is 17.8 Å². The number of nitrogens with zero attached hydrogens (tertiary/aromatic N) is 4. The molecule has 2 fully saturated rings. The average molecular weight is 964 g/mol. The molecule has 68 heavy (non-hydrogen) atoms. The van der Waals surface area contributed by atoms with Crippen LogP contribution in [-0.2, 0) is 56.9 Å². The fraction of sp³-hybridized carbons (Fsp3) is 0.391. The maximum Gasteiger partial charge on any atom is 0.511 e. The van der Waals surface area contributed by atoms with E-state index in [4.69, 9.17) is 37.4 Å². The van der Waals surface area contributed by atoms with Crippen molar-refractivity contribution in [1.82, 2.24) is 19.7 Å². The Hall–Kier alpha value is -6.67. The number of nitrogens with one attached hydrogen (secondary N) is 1. The molecule has 3 amide bonds. The number of halogens is 2. The molecule has 2 saturated heterocycles. The monoisotopic (exact) mass is 963 g/mol. The third kappa shape index (κ3) is 10.1. The van der Waals surface area contributed by atoms with Gasteiger partial charge in [0.05, 0.1) is 31.6 Å². The molecule has 360 valence electrons. The van der Waals surface area contributed by atoms with Gasteiger partial charge < -0.3 is 38.6 Å². The van der Waals surface area contributed by atoms with Gasteiger partial charge in [-0.05, 0) is 43.9 Å². The number of phosphoric acid groups is 1. The number of phosphoric ester groups is 1. The normalized spacial score (nSPS) is 21.9. The Morgan fingerprint density at radius 1 is 0.941 bits per heavy atom. The van der Waals surface area contributed by atoms with Crippen molar-refractivity contribution in [2.75, 3.05) is 40.2 Å². The molecule has 0 aliphatic carbocycles. The number of carbonyl (C=O) groups excluding carboxylic acids is 4. The van der Waals surface area contributed by atoms with Crippen LogP contribution < -0.4 is 15.5 Å². The summed E-state index contributed by atoms with van der Waals surface area (Å²) in [6.07, 6.45) is 0.398. The Bertz CT molecular complexity index is 2660. The number of carbonyl (C=O) groups is 4. The lowest BCUT2D eigenvalue weighted by Crippen LogP contribution is -2.53. The number of cyclic esters (lactones) is 1. The molecule has 1 N–H and O–H groups in total. The Balaban J connectivity index is 1.01. The van der Waals surface area contributed by atoms with Gasteiger partial charge in [0, 0.05) is 50.4 Å². The van der Waals surface area contributed by atoms with Crippen LogP contribution in [0.2, 0.25) is 0 Å². The van der Waals surface area contributed by atoms with Gasteiger partial charge in [0.1, 0.15) is 36.0 Å². The average Bonchev–Trinajstić information content (AvgIpc) is 3.82. The summed E-state index contributed by atoms with van der Waals surface area (Å²) in [6, 6.07) is 19.5. The van der Waals surface area contributed by atoms with Crippen molar-refractivity contribution >= 4 is 37.6 Å². The van der Waals surface area contributed by atoms with Gasteiger partial charge in [-0.15, -0.1) is 0 Å². The fourth-order valence-corrected chi connectivity index (χ4v) is 9.62. The molecule has 2 bridgehead atoms. The van der Waals surface area contributed by atoms with Crippen LogP contribution in [0.25, 0.3) is 0 Å². The van der Waals surface area contributed by atoms with E-state index >= 15 is 0 Å². The van der Waals surface area contributed by atoms with E-state index in [-0.39, 0.29) is 43.7 Å². The van der Waals surface area contributed by atoms with Crippen molar-refractivity contribution < 1.29 is 69.9 Å². The van der Waals surface area contributed by atoms with Crippen LogP contribution >= 0.6 is 7.82 Å². The van der Waals surface area contributed by atoms with Crippen molar-refractivity contribution in [3.8, 4) is 5.75 Å². The Morgan fingerprint density at radius 3 is 2.25 bits per heavy atom. The van der Waals surface area contributed by atoms with Gasteiger partial charge in [0.15, 0.2) is 11.3 Å². The predicted molar refractivity (Wildman–Crippen MR) is 234 cm³/mol. The highest BCUT2D eigenvalue weighted by Gasteiger charge is 2.54. The molecule has 4 aliphatic heterocycles. The number of amides is 3. The minimum Gasteiger partial charge on any atom is -0.451 e. The molecule has 3 aromatic carbocycles. The van der Waals surface area contributed by atoms with E-state index in [0.717, 1.165) is 17.0 Å². The van der Waals surface area contributed by atoms with Crippen LogP contribution in [0.5, 0.6) is 5.75 Å². The summed E-state index contributed by atoms with van der Waals surface area (Å²) in [5.41, 5.74) is -2.41. The zero-order valence-corrected chi connectivity index (χ0v) is 38.1. The highest BCUT2D eigenvalue weighted by atomic mass is 31.2. The van der Waals surface area contributed by atoms with E-state index in [1.54, 1.807) is 72.5 Å². The molecular formula is C46H48F2N5O14P. The first-order valence-electron chi connectivity index (χ1n) is 21.6. The molecule has 19 nitrogen and oxygen atoms in total. The number of ether oxygens (including phenoxy) is 4. The lowest BCUT2D eigenvalue weighted by Gasteiger charge is -2.42. The Kier molecular flexibility index (Phi) is 14.0. The van der Waals surface area contributed by atoms with Crippen molar-refractivity contribution in [3.05, 3.63) is 135 Å². The first-order valence-corrected chi connectivity index (χ1v) is 23.0. The minimum absolute atomic E-state index is 0.0643. The number of rotatable bonds is 17. The van der Waals surface area contributed by atoms with E-state index in [9.17, 15) is 37.3 Å². The fourth-order valence-electron chi connectivity index (χ4n) is 8.38. The highest BCUT2D eigenvalue weighted by molar-refractivity contribution is 7.48. The lowest BCUT2D eigenvalue weighted by atomic mass is 9.84. The zero-order chi connectivity index (χ0) is 48.2. The van der Waals surface area contributed by atoms with Gasteiger partial charge in [-0.3, -0.25) is 32.9 Å². The predicted octanol–water partition coefficient (Wildman–Crippen LogP) is 6.64. The summed E-state index contributed by atoms with van der Waals surface area (Å²) in [4.78, 5) is 77.0.